The van der Waals surface area contributed by atoms with E-state index in [2.05, 4.69) is 92.1 Å². The fraction of sp³-hybridized carbons (Fsp3) is 0.333. The number of thiazole rings is 1. The third-order valence-corrected chi connectivity index (χ3v) is 11.2. The van der Waals surface area contributed by atoms with Gasteiger partial charge < -0.3 is 10.3 Å². The number of para-hydroxylation sites is 1. The molecular weight excluding hydrogens is 662 g/mol. The molecule has 0 amide bonds. The van der Waals surface area contributed by atoms with Crippen LogP contribution in [0, 0.1) is 5.41 Å². The minimum absolute atomic E-state index is 0.00132. The lowest BCUT2D eigenvalue weighted by Crippen LogP contribution is -2.28. The van der Waals surface area contributed by atoms with Crippen LogP contribution in [-0.4, -0.2) is 28.6 Å². The SMILES string of the molecule is CC(C)(C/C(N)=N/S(N)(=O)=O)Cc1c(SC(C)(C)C)c2cc(SCc3nc4ccccc4s3)ccc2n1Cc1ccc(Cl)cc1. The lowest BCUT2D eigenvalue weighted by Gasteiger charge is -2.27. The molecule has 0 radical (unpaired) electrons. The topological polar surface area (TPSA) is 116 Å². The van der Waals surface area contributed by atoms with Gasteiger partial charge >= 0.3 is 10.2 Å². The van der Waals surface area contributed by atoms with Crippen LogP contribution >= 0.6 is 46.5 Å². The van der Waals surface area contributed by atoms with E-state index < -0.39 is 15.6 Å². The van der Waals surface area contributed by atoms with Gasteiger partial charge in [0.2, 0.25) is 0 Å². The summed E-state index contributed by atoms with van der Waals surface area (Å²) in [5.41, 5.74) is 10.1. The Bertz CT molecular complexity index is 1940. The lowest BCUT2D eigenvalue weighted by molar-refractivity contribution is 0.367. The Morgan fingerprint density at radius 1 is 1.04 bits per heavy atom. The van der Waals surface area contributed by atoms with Crippen LogP contribution < -0.4 is 10.9 Å². The molecule has 5 rings (SSSR count). The van der Waals surface area contributed by atoms with Gasteiger partial charge in [0, 0.05) is 49.1 Å². The Hall–Kier alpha value is -2.54. The maximum atomic E-state index is 11.6. The Balaban J connectivity index is 1.58. The summed E-state index contributed by atoms with van der Waals surface area (Å²) < 4.78 is 30.3. The van der Waals surface area contributed by atoms with Gasteiger partial charge in [-0.2, -0.15) is 8.42 Å². The summed E-state index contributed by atoms with van der Waals surface area (Å²) in [6, 6.07) is 22.9. The second kappa shape index (κ2) is 13.3. The molecule has 2 aromatic heterocycles. The van der Waals surface area contributed by atoms with Gasteiger partial charge in [-0.3, -0.25) is 0 Å². The third-order valence-electron chi connectivity index (χ3n) is 7.00. The first kappa shape index (κ1) is 33.8. The Kier molecular flexibility index (Phi) is 9.99. The monoisotopic (exact) mass is 699 g/mol. The first-order chi connectivity index (χ1) is 21.1. The van der Waals surface area contributed by atoms with Crippen LogP contribution in [0.4, 0.5) is 0 Å². The van der Waals surface area contributed by atoms with Crippen molar-refractivity contribution in [3.63, 3.8) is 0 Å². The predicted molar refractivity (Wildman–Crippen MR) is 194 cm³/mol. The van der Waals surface area contributed by atoms with Crippen molar-refractivity contribution < 1.29 is 8.42 Å². The molecule has 2 heterocycles. The first-order valence-electron chi connectivity index (χ1n) is 14.5. The van der Waals surface area contributed by atoms with Crippen LogP contribution in [0.2, 0.25) is 5.02 Å². The largest absolute Gasteiger partial charge is 0.386 e. The number of aromatic nitrogens is 2. The van der Waals surface area contributed by atoms with Gasteiger partial charge in [0.15, 0.2) is 0 Å². The van der Waals surface area contributed by atoms with Crippen molar-refractivity contribution >= 4 is 83.6 Å². The number of rotatable bonds is 11. The van der Waals surface area contributed by atoms with Gasteiger partial charge in [0.25, 0.3) is 0 Å². The van der Waals surface area contributed by atoms with E-state index in [1.54, 1.807) is 23.1 Å². The average molecular weight is 700 g/mol. The van der Waals surface area contributed by atoms with Gasteiger partial charge in [0.05, 0.1) is 16.0 Å². The van der Waals surface area contributed by atoms with E-state index in [9.17, 15) is 8.42 Å². The summed E-state index contributed by atoms with van der Waals surface area (Å²) in [6.07, 6.45) is 0.914. The molecule has 0 fully saturated rings. The van der Waals surface area contributed by atoms with Crippen molar-refractivity contribution in [1.82, 2.24) is 9.55 Å². The van der Waals surface area contributed by atoms with Crippen LogP contribution in [-0.2, 0) is 28.9 Å². The molecule has 238 valence electrons. The number of amidine groups is 1. The van der Waals surface area contributed by atoms with Crippen LogP contribution in [0.1, 0.15) is 57.3 Å². The summed E-state index contributed by atoms with van der Waals surface area (Å²) >= 11 is 11.6. The number of hydrogen-bond donors (Lipinski definition) is 2. The van der Waals surface area contributed by atoms with Crippen LogP contribution in [0.3, 0.4) is 0 Å². The van der Waals surface area contributed by atoms with Gasteiger partial charge in [-0.1, -0.05) is 70.5 Å². The third kappa shape index (κ3) is 9.05. The quantitative estimate of drug-likeness (QED) is 0.0810. The number of hydrogen-bond acceptors (Lipinski definition) is 6. The fourth-order valence-corrected chi connectivity index (χ4v) is 8.92. The molecule has 0 saturated carbocycles. The van der Waals surface area contributed by atoms with E-state index in [0.29, 0.717) is 18.0 Å². The van der Waals surface area contributed by atoms with E-state index >= 15 is 0 Å². The molecule has 0 saturated heterocycles. The molecule has 45 heavy (non-hydrogen) atoms. The molecule has 12 heteroatoms. The number of nitrogens with two attached hydrogens (primary N) is 2. The molecule has 5 aromatic rings. The standard InChI is InChI=1S/C33H38ClN5O2S4/c1-32(2,3)44-31-24-16-23(42-20-30-37-25-8-6-7-9-28(25)43-30)14-15-26(24)39(19-21-10-12-22(34)13-11-21)27(31)17-33(4,5)18-29(35)38-45(36,40)41/h6-16H,17-20H2,1-5H3,(H2,35,38)(H2,36,40,41). The fourth-order valence-electron chi connectivity index (χ4n) is 5.32. The highest BCUT2D eigenvalue weighted by Crippen LogP contribution is 2.45. The van der Waals surface area contributed by atoms with Crippen molar-refractivity contribution in [2.45, 2.75) is 74.3 Å². The van der Waals surface area contributed by atoms with E-state index in [1.165, 1.54) is 25.6 Å². The van der Waals surface area contributed by atoms with Crippen molar-refractivity contribution in [3.8, 4) is 0 Å². The first-order valence-corrected chi connectivity index (χ1v) is 19.0. The number of nitrogens with zero attached hydrogens (tertiary/aromatic N) is 3. The predicted octanol–water partition coefficient (Wildman–Crippen LogP) is 8.66. The Morgan fingerprint density at radius 2 is 1.76 bits per heavy atom. The van der Waals surface area contributed by atoms with E-state index in [1.807, 2.05) is 30.0 Å². The van der Waals surface area contributed by atoms with Crippen molar-refractivity contribution in [2.24, 2.45) is 20.7 Å². The summed E-state index contributed by atoms with van der Waals surface area (Å²) in [4.78, 5) is 7.22. The molecule has 0 aliphatic heterocycles. The van der Waals surface area contributed by atoms with Gasteiger partial charge in [-0.05, 0) is 59.9 Å². The minimum atomic E-state index is -4.08. The molecule has 0 aliphatic rings. The zero-order valence-electron chi connectivity index (χ0n) is 26.0. The summed E-state index contributed by atoms with van der Waals surface area (Å²) in [6.45, 7) is 11.5. The van der Waals surface area contributed by atoms with Crippen LogP contribution in [0.15, 0.2) is 80.9 Å². The molecule has 0 unspecified atom stereocenters. The van der Waals surface area contributed by atoms with Crippen LogP contribution in [0.25, 0.3) is 21.1 Å². The molecule has 0 bridgehead atoms. The lowest BCUT2D eigenvalue weighted by atomic mass is 9.84. The summed E-state index contributed by atoms with van der Waals surface area (Å²) in [5, 5.41) is 8.14. The Morgan fingerprint density at radius 3 is 2.42 bits per heavy atom. The van der Waals surface area contributed by atoms with Gasteiger partial charge in [-0.15, -0.1) is 39.3 Å². The maximum absolute atomic E-state index is 11.6. The normalized spacial score (nSPS) is 13.3. The number of benzene rings is 3. The summed E-state index contributed by atoms with van der Waals surface area (Å²) in [7, 11) is -4.08. The summed E-state index contributed by atoms with van der Waals surface area (Å²) in [5.74, 6) is 0.794. The number of fused-ring (bicyclic) bond motifs is 2. The molecule has 0 spiro atoms. The maximum Gasteiger partial charge on any atom is 0.318 e. The molecule has 7 nitrogen and oxygen atoms in total. The molecule has 4 N–H and O–H groups in total. The highest BCUT2D eigenvalue weighted by Gasteiger charge is 2.29. The van der Waals surface area contributed by atoms with E-state index in [4.69, 9.17) is 27.5 Å². The molecule has 0 atom stereocenters. The Labute approximate surface area is 283 Å². The van der Waals surface area contributed by atoms with E-state index in [-0.39, 0.29) is 17.0 Å². The smallest absolute Gasteiger partial charge is 0.318 e. The van der Waals surface area contributed by atoms with E-state index in [0.717, 1.165) is 27.4 Å². The van der Waals surface area contributed by atoms with Gasteiger partial charge in [0.1, 0.15) is 10.8 Å². The van der Waals surface area contributed by atoms with Gasteiger partial charge in [-0.25, -0.2) is 10.1 Å². The zero-order valence-corrected chi connectivity index (χ0v) is 30.0. The molecular formula is C33H38ClN5O2S4. The average Bonchev–Trinajstić information content (AvgIpc) is 3.45. The second-order valence-electron chi connectivity index (χ2n) is 12.9. The zero-order chi connectivity index (χ0) is 32.6. The van der Waals surface area contributed by atoms with Crippen LogP contribution in [0.5, 0.6) is 0 Å². The number of thioether (sulfide) groups is 2. The highest BCUT2D eigenvalue weighted by molar-refractivity contribution is 8.01. The van der Waals surface area contributed by atoms with Crippen molar-refractivity contribution in [2.75, 3.05) is 0 Å². The highest BCUT2D eigenvalue weighted by atomic mass is 35.5. The van der Waals surface area contributed by atoms with Crippen molar-refractivity contribution in [3.05, 3.63) is 88.0 Å². The molecule has 0 aliphatic carbocycles. The minimum Gasteiger partial charge on any atom is -0.386 e. The second-order valence-corrected chi connectivity index (χ2v) is 18.5. The van der Waals surface area contributed by atoms with Crippen molar-refractivity contribution in [1.29, 1.82) is 0 Å². The molecule has 3 aromatic carbocycles. The number of halogens is 1.